The van der Waals surface area contributed by atoms with Gasteiger partial charge in [-0.2, -0.15) is 0 Å². The molecule has 2 heteroatoms. The van der Waals surface area contributed by atoms with E-state index in [-0.39, 0.29) is 12.1 Å². The SMILES string of the molecule is C/C=C\C.C=C/C(=C\C=C(/C)c1ccc(N(c2cccc3ccccc23)C(C)C=C)cc1)N(c1ccccc1)C(C)\C=C/C=C(/C=C\C)CCC.CC.CC.CC. The van der Waals surface area contributed by atoms with Crippen molar-refractivity contribution < 1.29 is 0 Å². The van der Waals surface area contributed by atoms with Gasteiger partial charge in [0.1, 0.15) is 0 Å². The van der Waals surface area contributed by atoms with Crippen LogP contribution in [0, 0.1) is 0 Å². The highest BCUT2D eigenvalue weighted by Crippen LogP contribution is 2.35. The number of fused-ring (bicyclic) bond motifs is 1. The summed E-state index contributed by atoms with van der Waals surface area (Å²) >= 11 is 0. The maximum atomic E-state index is 4.21. The van der Waals surface area contributed by atoms with Gasteiger partial charge >= 0.3 is 0 Å². The lowest BCUT2D eigenvalue weighted by atomic mass is 10.0. The molecule has 0 radical (unpaired) electrons. The summed E-state index contributed by atoms with van der Waals surface area (Å²) in [5.41, 5.74) is 8.17. The fourth-order valence-corrected chi connectivity index (χ4v) is 5.91. The predicted molar refractivity (Wildman–Crippen MR) is 264 cm³/mol. The van der Waals surface area contributed by atoms with E-state index < -0.39 is 0 Å². The quantitative estimate of drug-likeness (QED) is 0.0879. The molecule has 0 aromatic heterocycles. The first-order valence-electron chi connectivity index (χ1n) is 21.3. The zero-order valence-corrected chi connectivity index (χ0v) is 38.0. The van der Waals surface area contributed by atoms with Crippen molar-refractivity contribution in [1.29, 1.82) is 0 Å². The molecule has 57 heavy (non-hydrogen) atoms. The maximum absolute atomic E-state index is 4.21. The molecule has 0 aliphatic heterocycles. The van der Waals surface area contributed by atoms with Crippen LogP contribution in [0.3, 0.4) is 0 Å². The lowest BCUT2D eigenvalue weighted by molar-refractivity contribution is 0.834. The summed E-state index contributed by atoms with van der Waals surface area (Å²) in [7, 11) is 0. The van der Waals surface area contributed by atoms with Crippen molar-refractivity contribution in [3.05, 3.63) is 194 Å². The molecular weight excluding hydrogens is 689 g/mol. The topological polar surface area (TPSA) is 6.48 Å². The van der Waals surface area contributed by atoms with Gasteiger partial charge in [0.25, 0.3) is 0 Å². The molecule has 0 saturated heterocycles. The van der Waals surface area contributed by atoms with Gasteiger partial charge < -0.3 is 9.80 Å². The van der Waals surface area contributed by atoms with Crippen molar-refractivity contribution >= 4 is 33.4 Å². The zero-order chi connectivity index (χ0) is 43.0. The lowest BCUT2D eigenvalue weighted by Crippen LogP contribution is -2.30. The largest absolute Gasteiger partial charge is 0.335 e. The van der Waals surface area contributed by atoms with Crippen LogP contribution in [0.2, 0.25) is 0 Å². The van der Waals surface area contributed by atoms with E-state index in [1.807, 2.05) is 79.7 Å². The number of allylic oxidation sites excluding steroid dienone is 11. The monoisotopic (exact) mass is 765 g/mol. The Balaban J connectivity index is 0.00000286. The summed E-state index contributed by atoms with van der Waals surface area (Å²) < 4.78 is 0. The number of hydrogen-bond acceptors (Lipinski definition) is 2. The van der Waals surface area contributed by atoms with Gasteiger partial charge in [0.05, 0.1) is 0 Å². The minimum atomic E-state index is 0.117. The van der Waals surface area contributed by atoms with Crippen molar-refractivity contribution in [2.45, 2.75) is 115 Å². The average molecular weight is 765 g/mol. The molecular formula is C55H76N2. The van der Waals surface area contributed by atoms with Crippen LogP contribution in [0.25, 0.3) is 16.3 Å². The van der Waals surface area contributed by atoms with E-state index in [9.17, 15) is 0 Å². The number of nitrogens with zero attached hydrogens (tertiary/aromatic N) is 2. The van der Waals surface area contributed by atoms with E-state index in [0.717, 1.165) is 29.9 Å². The molecule has 0 bridgehead atoms. The van der Waals surface area contributed by atoms with Crippen LogP contribution in [0.4, 0.5) is 17.1 Å². The van der Waals surface area contributed by atoms with Crippen LogP contribution < -0.4 is 9.80 Å². The van der Waals surface area contributed by atoms with Crippen LogP contribution >= 0.6 is 0 Å². The van der Waals surface area contributed by atoms with Gasteiger partial charge in [-0.25, -0.2) is 0 Å². The Morgan fingerprint density at radius 3 is 1.81 bits per heavy atom. The zero-order valence-electron chi connectivity index (χ0n) is 38.0. The predicted octanol–water partition coefficient (Wildman–Crippen LogP) is 17.4. The highest BCUT2D eigenvalue weighted by Gasteiger charge is 2.17. The minimum Gasteiger partial charge on any atom is -0.335 e. The molecule has 0 aliphatic carbocycles. The maximum Gasteiger partial charge on any atom is 0.0497 e. The Hall–Kier alpha value is -5.34. The molecule has 4 aromatic rings. The van der Waals surface area contributed by atoms with Gasteiger partial charge in [0.15, 0.2) is 0 Å². The van der Waals surface area contributed by atoms with Crippen LogP contribution in [-0.2, 0) is 0 Å². The third-order valence-electron chi connectivity index (χ3n) is 8.76. The summed E-state index contributed by atoms with van der Waals surface area (Å²) in [5.74, 6) is 0. The average Bonchev–Trinajstić information content (AvgIpc) is 3.27. The van der Waals surface area contributed by atoms with Gasteiger partial charge in [-0.1, -0.05) is 183 Å². The van der Waals surface area contributed by atoms with Crippen molar-refractivity contribution in [3.8, 4) is 0 Å². The van der Waals surface area contributed by atoms with Crippen LogP contribution in [0.5, 0.6) is 0 Å². The number of para-hydroxylation sites is 1. The molecule has 0 aliphatic rings. The first-order valence-corrected chi connectivity index (χ1v) is 21.3. The van der Waals surface area contributed by atoms with Gasteiger partial charge in [0, 0.05) is 40.2 Å². The minimum absolute atomic E-state index is 0.117. The smallest absolute Gasteiger partial charge is 0.0497 e. The molecule has 4 aromatic carbocycles. The third-order valence-corrected chi connectivity index (χ3v) is 8.76. The lowest BCUT2D eigenvalue weighted by Gasteiger charge is -2.31. The van der Waals surface area contributed by atoms with Gasteiger partial charge in [0.2, 0.25) is 0 Å². The summed E-state index contributed by atoms with van der Waals surface area (Å²) in [6.07, 6.45) is 25.5. The normalized spacial score (nSPS) is 12.5. The second kappa shape index (κ2) is 31.8. The summed E-state index contributed by atoms with van der Waals surface area (Å²) in [5, 5.41) is 2.46. The molecule has 0 saturated carbocycles. The fourth-order valence-electron chi connectivity index (χ4n) is 5.91. The Labute approximate surface area is 350 Å². The standard InChI is InChI=1S/C45H50N2.C4H8.3C2H6/c1-8-19-38(20-9-2)22-17-21-37(7)46(42-25-13-12-14-26-42)41(11-4)32-29-35(5)39-30-33-43(34-31-39)47(36(6)10-3)45-28-18-24-40-23-15-16-27-44(40)45;1-3-4-2;3*1-2/h8,10-19,21-34,36-37H,3-4,9,20H2,1-2,5-7H3;3-4H,1-2H3;3*1-2H3/b19-8-,21-17-,35-29+,38-22-,41-32+;4-3-;;;. The Bertz CT molecular complexity index is 1840. The molecule has 0 amide bonds. The fraction of sp³-hybridized carbons (Fsp3) is 0.309. The van der Waals surface area contributed by atoms with E-state index >= 15 is 0 Å². The highest BCUT2D eigenvalue weighted by molar-refractivity contribution is 5.96. The molecule has 306 valence electrons. The molecule has 2 nitrogen and oxygen atoms in total. The molecule has 0 N–H and O–H groups in total. The Kier molecular flexibility index (Phi) is 28.8. The van der Waals surface area contributed by atoms with Crippen molar-refractivity contribution in [2.24, 2.45) is 0 Å². The number of benzene rings is 4. The number of anilines is 3. The van der Waals surface area contributed by atoms with Crippen LogP contribution in [0.15, 0.2) is 188 Å². The van der Waals surface area contributed by atoms with E-state index in [1.54, 1.807) is 0 Å². The first kappa shape index (κ1) is 51.7. The highest BCUT2D eigenvalue weighted by atomic mass is 15.2. The Morgan fingerprint density at radius 1 is 0.649 bits per heavy atom. The van der Waals surface area contributed by atoms with Crippen molar-refractivity contribution in [1.82, 2.24) is 0 Å². The molecule has 0 spiro atoms. The van der Waals surface area contributed by atoms with E-state index in [0.29, 0.717) is 0 Å². The molecule has 0 heterocycles. The Morgan fingerprint density at radius 2 is 1.25 bits per heavy atom. The second-order valence-electron chi connectivity index (χ2n) is 12.5. The summed E-state index contributed by atoms with van der Waals surface area (Å²) in [6.45, 7) is 35.2. The molecule has 2 unspecified atom stereocenters. The first-order chi connectivity index (χ1) is 27.8. The van der Waals surface area contributed by atoms with Gasteiger partial charge in [-0.05, 0) is 113 Å². The number of rotatable bonds is 15. The molecule has 2 atom stereocenters. The molecule has 4 rings (SSSR count). The summed E-state index contributed by atoms with van der Waals surface area (Å²) in [4.78, 5) is 4.69. The van der Waals surface area contributed by atoms with Gasteiger partial charge in [-0.15, -0.1) is 6.58 Å². The van der Waals surface area contributed by atoms with E-state index in [1.165, 1.54) is 33.2 Å². The van der Waals surface area contributed by atoms with E-state index in [4.69, 9.17) is 0 Å². The van der Waals surface area contributed by atoms with Crippen LogP contribution in [0.1, 0.15) is 108 Å². The number of hydrogen-bond donors (Lipinski definition) is 0. The summed E-state index contributed by atoms with van der Waals surface area (Å²) in [6, 6.07) is 34.7. The molecule has 0 fully saturated rings. The van der Waals surface area contributed by atoms with Crippen molar-refractivity contribution in [2.75, 3.05) is 9.80 Å². The van der Waals surface area contributed by atoms with Crippen molar-refractivity contribution in [3.63, 3.8) is 0 Å². The van der Waals surface area contributed by atoms with Gasteiger partial charge in [-0.3, -0.25) is 0 Å². The van der Waals surface area contributed by atoms with Crippen LogP contribution in [-0.4, -0.2) is 12.1 Å². The third kappa shape index (κ3) is 17.1. The second-order valence-corrected chi connectivity index (χ2v) is 12.5. The van der Waals surface area contributed by atoms with E-state index in [2.05, 4.69) is 197 Å².